The van der Waals surface area contributed by atoms with Gasteiger partial charge in [-0.3, -0.25) is 9.59 Å². The molecule has 1 aliphatic rings. The van der Waals surface area contributed by atoms with Crippen molar-refractivity contribution >= 4 is 16.8 Å². The van der Waals surface area contributed by atoms with E-state index in [1.807, 2.05) is 6.07 Å². The molecule has 2 aromatic rings. The standard InChI is InChI=1S/C15H17N3O3/c1-18(12-7-16-8-13(12)19)15(21)10-6-14(20)17-11-5-3-2-4-9(10)11/h2-6,12-13,16,19H,7-8H2,1H3,(H,17,20)/t12-,13-/m1/s1. The molecule has 3 rings (SSSR count). The van der Waals surface area contributed by atoms with Gasteiger partial charge in [-0.2, -0.15) is 0 Å². The van der Waals surface area contributed by atoms with E-state index in [1.165, 1.54) is 11.0 Å². The molecule has 1 amide bonds. The third-order valence-electron chi connectivity index (χ3n) is 3.95. The number of aliphatic hydroxyl groups excluding tert-OH is 1. The molecule has 0 saturated carbocycles. The van der Waals surface area contributed by atoms with Gasteiger partial charge in [-0.15, -0.1) is 0 Å². The first kappa shape index (κ1) is 13.8. The second kappa shape index (κ2) is 5.31. The molecule has 110 valence electrons. The number of amides is 1. The van der Waals surface area contributed by atoms with Crippen LogP contribution >= 0.6 is 0 Å². The van der Waals surface area contributed by atoms with E-state index in [4.69, 9.17) is 0 Å². The molecule has 21 heavy (non-hydrogen) atoms. The lowest BCUT2D eigenvalue weighted by Gasteiger charge is -2.26. The summed E-state index contributed by atoms with van der Waals surface area (Å²) >= 11 is 0. The zero-order valence-electron chi connectivity index (χ0n) is 11.7. The van der Waals surface area contributed by atoms with Gasteiger partial charge in [-0.1, -0.05) is 18.2 Å². The fraction of sp³-hybridized carbons (Fsp3) is 0.333. The van der Waals surface area contributed by atoms with Crippen LogP contribution in [0.1, 0.15) is 10.4 Å². The Morgan fingerprint density at radius 1 is 1.33 bits per heavy atom. The molecule has 1 aliphatic heterocycles. The highest BCUT2D eigenvalue weighted by molar-refractivity contribution is 6.06. The number of carbonyl (C=O) groups excluding carboxylic acids is 1. The van der Waals surface area contributed by atoms with E-state index in [0.29, 0.717) is 29.6 Å². The lowest BCUT2D eigenvalue weighted by atomic mass is 10.1. The van der Waals surface area contributed by atoms with Crippen LogP contribution in [0.4, 0.5) is 0 Å². The van der Waals surface area contributed by atoms with Crippen LogP contribution in [0.2, 0.25) is 0 Å². The summed E-state index contributed by atoms with van der Waals surface area (Å²) in [5.41, 5.74) is 0.679. The minimum absolute atomic E-state index is 0.259. The Kier molecular flexibility index (Phi) is 3.48. The highest BCUT2D eigenvalue weighted by Crippen LogP contribution is 2.18. The summed E-state index contributed by atoms with van der Waals surface area (Å²) in [6.45, 7) is 1.02. The van der Waals surface area contributed by atoms with Crippen molar-refractivity contribution in [1.82, 2.24) is 15.2 Å². The van der Waals surface area contributed by atoms with Gasteiger partial charge in [-0.05, 0) is 6.07 Å². The predicted octanol–water partition coefficient (Wildman–Crippen LogP) is -0.0672. The zero-order valence-corrected chi connectivity index (χ0v) is 11.7. The van der Waals surface area contributed by atoms with Crippen LogP contribution in [0, 0.1) is 0 Å². The van der Waals surface area contributed by atoms with Crippen LogP contribution in [0.25, 0.3) is 10.9 Å². The van der Waals surface area contributed by atoms with Crippen molar-refractivity contribution < 1.29 is 9.90 Å². The van der Waals surface area contributed by atoms with Gasteiger partial charge in [0, 0.05) is 37.1 Å². The van der Waals surface area contributed by atoms with Gasteiger partial charge in [-0.25, -0.2) is 0 Å². The van der Waals surface area contributed by atoms with Gasteiger partial charge in [0.05, 0.1) is 17.7 Å². The molecule has 6 heteroatoms. The van der Waals surface area contributed by atoms with E-state index in [0.717, 1.165) is 0 Å². The number of benzene rings is 1. The normalized spacial score (nSPS) is 21.6. The van der Waals surface area contributed by atoms with Crippen LogP contribution < -0.4 is 10.9 Å². The molecule has 2 atom stereocenters. The maximum atomic E-state index is 12.7. The molecular weight excluding hydrogens is 270 g/mol. The summed E-state index contributed by atoms with van der Waals surface area (Å²) < 4.78 is 0. The molecule has 1 aromatic heterocycles. The molecule has 0 aliphatic carbocycles. The number of β-amino-alcohol motifs (C(OH)–C–C–N with tert-alkyl or cyclic N) is 1. The Labute approximate surface area is 121 Å². The number of pyridine rings is 1. The van der Waals surface area contributed by atoms with Crippen LogP contribution in [0.15, 0.2) is 35.1 Å². The summed E-state index contributed by atoms with van der Waals surface area (Å²) in [5.74, 6) is -0.259. The van der Waals surface area contributed by atoms with Crippen LogP contribution in [-0.4, -0.2) is 53.2 Å². The average molecular weight is 287 g/mol. The van der Waals surface area contributed by atoms with E-state index in [-0.39, 0.29) is 17.5 Å². The Balaban J connectivity index is 2.03. The number of aliphatic hydroxyl groups is 1. The topological polar surface area (TPSA) is 85.4 Å². The van der Waals surface area contributed by atoms with Gasteiger partial charge in [0.2, 0.25) is 5.56 Å². The number of hydrogen-bond donors (Lipinski definition) is 3. The monoisotopic (exact) mass is 287 g/mol. The molecule has 3 N–H and O–H groups in total. The van der Waals surface area contributed by atoms with Gasteiger partial charge < -0.3 is 20.3 Å². The Bertz CT molecular complexity index is 740. The van der Waals surface area contributed by atoms with E-state index in [1.54, 1.807) is 25.2 Å². The number of H-pyrrole nitrogens is 1. The van der Waals surface area contributed by atoms with Gasteiger partial charge >= 0.3 is 0 Å². The van der Waals surface area contributed by atoms with Crippen molar-refractivity contribution in [2.24, 2.45) is 0 Å². The average Bonchev–Trinajstić information content (AvgIpc) is 2.91. The number of nitrogens with one attached hydrogen (secondary N) is 2. The molecule has 1 fully saturated rings. The van der Waals surface area contributed by atoms with Crippen LogP contribution in [-0.2, 0) is 0 Å². The number of hydrogen-bond acceptors (Lipinski definition) is 4. The summed E-state index contributed by atoms with van der Waals surface area (Å²) in [4.78, 5) is 28.6. The third-order valence-corrected chi connectivity index (χ3v) is 3.95. The Morgan fingerprint density at radius 3 is 2.81 bits per heavy atom. The molecule has 1 aromatic carbocycles. The van der Waals surface area contributed by atoms with Crippen molar-refractivity contribution in [1.29, 1.82) is 0 Å². The Morgan fingerprint density at radius 2 is 2.10 bits per heavy atom. The number of para-hydroxylation sites is 1. The number of fused-ring (bicyclic) bond motifs is 1. The smallest absolute Gasteiger partial charge is 0.254 e. The second-order valence-electron chi connectivity index (χ2n) is 5.30. The van der Waals surface area contributed by atoms with Crippen molar-refractivity contribution in [2.75, 3.05) is 20.1 Å². The molecule has 0 bridgehead atoms. The maximum absolute atomic E-state index is 12.7. The van der Waals surface area contributed by atoms with E-state index >= 15 is 0 Å². The summed E-state index contributed by atoms with van der Waals surface area (Å²) in [5, 5.41) is 13.6. The SMILES string of the molecule is CN(C(=O)c1cc(=O)[nH]c2ccccc12)[C@@H]1CNC[C@H]1O. The van der Waals surface area contributed by atoms with Crippen molar-refractivity contribution in [3.05, 3.63) is 46.2 Å². The van der Waals surface area contributed by atoms with Gasteiger partial charge in [0.25, 0.3) is 5.91 Å². The van der Waals surface area contributed by atoms with Crippen molar-refractivity contribution in [2.45, 2.75) is 12.1 Å². The molecule has 0 radical (unpaired) electrons. The highest BCUT2D eigenvalue weighted by atomic mass is 16.3. The zero-order chi connectivity index (χ0) is 15.0. The first-order valence-corrected chi connectivity index (χ1v) is 6.86. The van der Waals surface area contributed by atoms with E-state index in [9.17, 15) is 14.7 Å². The summed E-state index contributed by atoms with van der Waals surface area (Å²) in [6.07, 6.45) is -0.591. The van der Waals surface area contributed by atoms with Crippen molar-refractivity contribution in [3.8, 4) is 0 Å². The highest BCUT2D eigenvalue weighted by Gasteiger charge is 2.32. The minimum Gasteiger partial charge on any atom is -0.390 e. The van der Waals surface area contributed by atoms with Gasteiger partial charge in [0.1, 0.15) is 0 Å². The minimum atomic E-state index is -0.591. The van der Waals surface area contributed by atoms with Gasteiger partial charge in [0.15, 0.2) is 0 Å². The van der Waals surface area contributed by atoms with Crippen LogP contribution in [0.3, 0.4) is 0 Å². The number of aromatic amines is 1. The van der Waals surface area contributed by atoms with Crippen LogP contribution in [0.5, 0.6) is 0 Å². The summed E-state index contributed by atoms with van der Waals surface area (Å²) in [7, 11) is 1.65. The van der Waals surface area contributed by atoms with Crippen molar-refractivity contribution in [3.63, 3.8) is 0 Å². The Hall–Kier alpha value is -2.18. The number of likely N-dealkylation sites (N-methyl/N-ethyl adjacent to an activating group) is 1. The third kappa shape index (κ3) is 2.43. The molecule has 1 saturated heterocycles. The molecule has 0 unspecified atom stereocenters. The fourth-order valence-electron chi connectivity index (χ4n) is 2.77. The lowest BCUT2D eigenvalue weighted by Crippen LogP contribution is -2.44. The molecule has 6 nitrogen and oxygen atoms in total. The van der Waals surface area contributed by atoms with E-state index in [2.05, 4.69) is 10.3 Å². The largest absolute Gasteiger partial charge is 0.390 e. The predicted molar refractivity (Wildman–Crippen MR) is 79.3 cm³/mol. The fourth-order valence-corrected chi connectivity index (χ4v) is 2.77. The van der Waals surface area contributed by atoms with E-state index < -0.39 is 6.10 Å². The second-order valence-corrected chi connectivity index (χ2v) is 5.30. The number of aromatic nitrogens is 1. The number of nitrogens with zero attached hydrogens (tertiary/aromatic N) is 1. The first-order valence-electron chi connectivity index (χ1n) is 6.86. The molecule has 0 spiro atoms. The number of rotatable bonds is 2. The molecule has 2 heterocycles. The maximum Gasteiger partial charge on any atom is 0.254 e. The summed E-state index contributed by atoms with van der Waals surface area (Å²) in [6, 6.07) is 8.23. The lowest BCUT2D eigenvalue weighted by molar-refractivity contribution is 0.0583. The first-order chi connectivity index (χ1) is 10.1. The number of carbonyl (C=O) groups is 1. The molecular formula is C15H17N3O3. The quantitative estimate of drug-likeness (QED) is 0.722.